The third-order valence-electron chi connectivity index (χ3n) is 3.48. The van der Waals surface area contributed by atoms with E-state index in [0.29, 0.717) is 10.9 Å². The summed E-state index contributed by atoms with van der Waals surface area (Å²) in [6, 6.07) is 12.8. The lowest BCUT2D eigenvalue weighted by atomic mass is 10.2. The molecule has 5 nitrogen and oxygen atoms in total. The van der Waals surface area contributed by atoms with E-state index in [9.17, 15) is 9.59 Å². The molecule has 0 unspecified atom stereocenters. The van der Waals surface area contributed by atoms with Gasteiger partial charge in [0, 0.05) is 9.37 Å². The molecule has 122 valence electrons. The third-order valence-corrected chi connectivity index (χ3v) is 4.77. The highest BCUT2D eigenvalue weighted by atomic mass is 79.9. The maximum absolute atomic E-state index is 12.5. The predicted molar refractivity (Wildman–Crippen MR) is 101 cm³/mol. The number of anilines is 1. The summed E-state index contributed by atoms with van der Waals surface area (Å²) in [6.45, 7) is -0.0863. The first-order valence-electron chi connectivity index (χ1n) is 7.16. The molecule has 1 aromatic heterocycles. The van der Waals surface area contributed by atoms with Crippen LogP contribution < -0.4 is 10.9 Å². The van der Waals surface area contributed by atoms with Gasteiger partial charge in [-0.3, -0.25) is 14.2 Å². The largest absolute Gasteiger partial charge is 0.324 e. The van der Waals surface area contributed by atoms with Gasteiger partial charge in [0.25, 0.3) is 5.56 Å². The average Bonchev–Trinajstić information content (AvgIpc) is 2.58. The van der Waals surface area contributed by atoms with Gasteiger partial charge in [-0.15, -0.1) is 11.8 Å². The summed E-state index contributed by atoms with van der Waals surface area (Å²) >= 11 is 4.89. The lowest BCUT2D eigenvalue weighted by Crippen LogP contribution is -2.28. The molecule has 1 N–H and O–H groups in total. The van der Waals surface area contributed by atoms with Crippen LogP contribution >= 0.6 is 27.7 Å². The smallest absolute Gasteiger partial charge is 0.261 e. The summed E-state index contributed by atoms with van der Waals surface area (Å²) in [5, 5.41) is 3.32. The van der Waals surface area contributed by atoms with Crippen molar-refractivity contribution < 1.29 is 4.79 Å². The topological polar surface area (TPSA) is 64.0 Å². The Morgan fingerprint density at radius 2 is 2.08 bits per heavy atom. The van der Waals surface area contributed by atoms with Crippen molar-refractivity contribution in [1.29, 1.82) is 0 Å². The number of fused-ring (bicyclic) bond motifs is 1. The highest BCUT2D eigenvalue weighted by molar-refractivity contribution is 9.10. The van der Waals surface area contributed by atoms with Crippen LogP contribution in [0.1, 0.15) is 0 Å². The van der Waals surface area contributed by atoms with Crippen LogP contribution in [0.3, 0.4) is 0 Å². The molecule has 0 bridgehead atoms. The fraction of sp³-hybridized carbons (Fsp3) is 0.118. The SMILES string of the molecule is CSc1ccccc1NC(=O)Cn1cnc2ccc(Br)cc2c1=O. The van der Waals surface area contributed by atoms with Gasteiger partial charge in [-0.05, 0) is 36.6 Å². The lowest BCUT2D eigenvalue weighted by Gasteiger charge is -2.10. The van der Waals surface area contributed by atoms with E-state index in [0.717, 1.165) is 15.1 Å². The van der Waals surface area contributed by atoms with Gasteiger partial charge < -0.3 is 5.32 Å². The number of aromatic nitrogens is 2. The zero-order valence-electron chi connectivity index (χ0n) is 12.8. The number of nitrogens with one attached hydrogen (secondary N) is 1. The van der Waals surface area contributed by atoms with E-state index in [1.165, 1.54) is 10.9 Å². The zero-order valence-corrected chi connectivity index (χ0v) is 15.2. The Hall–Kier alpha value is -2.12. The molecule has 0 aliphatic rings. The molecular weight excluding hydrogens is 390 g/mol. The van der Waals surface area contributed by atoms with Gasteiger partial charge >= 0.3 is 0 Å². The molecule has 1 heterocycles. The van der Waals surface area contributed by atoms with Crippen molar-refractivity contribution in [2.75, 3.05) is 11.6 Å². The van der Waals surface area contributed by atoms with Gasteiger partial charge in [0.15, 0.2) is 0 Å². The van der Waals surface area contributed by atoms with Crippen molar-refractivity contribution in [2.45, 2.75) is 11.4 Å². The molecule has 3 rings (SSSR count). The molecular formula is C17H14BrN3O2S. The quantitative estimate of drug-likeness (QED) is 0.676. The second-order valence-electron chi connectivity index (χ2n) is 5.09. The van der Waals surface area contributed by atoms with Gasteiger partial charge in [0.2, 0.25) is 5.91 Å². The predicted octanol–water partition coefficient (Wildman–Crippen LogP) is 3.52. The van der Waals surface area contributed by atoms with E-state index in [1.54, 1.807) is 23.9 Å². The molecule has 0 aliphatic carbocycles. The second kappa shape index (κ2) is 7.19. The Kier molecular flexibility index (Phi) is 5.01. The number of para-hydroxylation sites is 1. The van der Waals surface area contributed by atoms with E-state index in [-0.39, 0.29) is 18.0 Å². The molecule has 0 fully saturated rings. The van der Waals surface area contributed by atoms with E-state index < -0.39 is 0 Å². The molecule has 7 heteroatoms. The van der Waals surface area contributed by atoms with Crippen molar-refractivity contribution in [2.24, 2.45) is 0 Å². The minimum absolute atomic E-state index is 0.0863. The maximum Gasteiger partial charge on any atom is 0.261 e. The molecule has 0 saturated heterocycles. The summed E-state index contributed by atoms with van der Waals surface area (Å²) in [6.07, 6.45) is 3.35. The highest BCUT2D eigenvalue weighted by Gasteiger charge is 2.10. The van der Waals surface area contributed by atoms with Gasteiger partial charge in [-0.2, -0.15) is 0 Å². The number of amides is 1. The van der Waals surface area contributed by atoms with Crippen LogP contribution in [0.2, 0.25) is 0 Å². The lowest BCUT2D eigenvalue weighted by molar-refractivity contribution is -0.116. The molecule has 0 atom stereocenters. The number of nitrogens with zero attached hydrogens (tertiary/aromatic N) is 2. The first-order valence-corrected chi connectivity index (χ1v) is 9.18. The summed E-state index contributed by atoms with van der Waals surface area (Å²) in [5.74, 6) is -0.269. The first kappa shape index (κ1) is 16.7. The maximum atomic E-state index is 12.5. The molecule has 0 spiro atoms. The Labute approximate surface area is 151 Å². The Morgan fingerprint density at radius 3 is 2.88 bits per heavy atom. The number of hydrogen-bond donors (Lipinski definition) is 1. The standard InChI is InChI=1S/C17H14BrN3O2S/c1-24-15-5-3-2-4-14(15)20-16(22)9-21-10-19-13-7-6-11(18)8-12(13)17(21)23/h2-8,10H,9H2,1H3,(H,20,22). The van der Waals surface area contributed by atoms with Crippen LogP contribution in [0.4, 0.5) is 5.69 Å². The number of rotatable bonds is 4. The van der Waals surface area contributed by atoms with Crippen molar-refractivity contribution in [3.8, 4) is 0 Å². The summed E-state index contributed by atoms with van der Waals surface area (Å²) < 4.78 is 2.11. The van der Waals surface area contributed by atoms with Gasteiger partial charge in [-0.1, -0.05) is 28.1 Å². The third kappa shape index (κ3) is 3.52. The second-order valence-corrected chi connectivity index (χ2v) is 6.85. The van der Waals surface area contributed by atoms with Crippen molar-refractivity contribution in [3.63, 3.8) is 0 Å². The van der Waals surface area contributed by atoms with Crippen LogP contribution in [-0.2, 0) is 11.3 Å². The molecule has 0 aliphatic heterocycles. The van der Waals surface area contributed by atoms with Crippen LogP contribution in [0.15, 0.2) is 63.0 Å². The monoisotopic (exact) mass is 403 g/mol. The summed E-state index contributed by atoms with van der Waals surface area (Å²) in [4.78, 5) is 30.0. The van der Waals surface area contributed by atoms with E-state index in [1.807, 2.05) is 36.6 Å². The molecule has 0 radical (unpaired) electrons. The van der Waals surface area contributed by atoms with E-state index >= 15 is 0 Å². The molecule has 1 amide bonds. The Bertz CT molecular complexity index is 971. The van der Waals surface area contributed by atoms with Crippen LogP contribution in [0.25, 0.3) is 10.9 Å². The normalized spacial score (nSPS) is 10.8. The number of hydrogen-bond acceptors (Lipinski definition) is 4. The fourth-order valence-corrected chi connectivity index (χ4v) is 3.25. The Balaban J connectivity index is 1.85. The Morgan fingerprint density at radius 1 is 1.29 bits per heavy atom. The minimum Gasteiger partial charge on any atom is -0.324 e. The number of halogens is 1. The van der Waals surface area contributed by atoms with E-state index in [4.69, 9.17) is 0 Å². The zero-order chi connectivity index (χ0) is 17.1. The molecule has 0 saturated carbocycles. The number of thioether (sulfide) groups is 1. The van der Waals surface area contributed by atoms with Crippen LogP contribution in [0.5, 0.6) is 0 Å². The minimum atomic E-state index is -0.269. The number of carbonyl (C=O) groups excluding carboxylic acids is 1. The van der Waals surface area contributed by atoms with Crippen LogP contribution in [-0.4, -0.2) is 21.7 Å². The summed E-state index contributed by atoms with van der Waals surface area (Å²) in [7, 11) is 0. The van der Waals surface area contributed by atoms with Gasteiger partial charge in [0.1, 0.15) is 6.54 Å². The highest BCUT2D eigenvalue weighted by Crippen LogP contribution is 2.24. The first-order chi connectivity index (χ1) is 11.6. The van der Waals surface area contributed by atoms with Crippen molar-refractivity contribution >= 4 is 50.2 Å². The van der Waals surface area contributed by atoms with Crippen molar-refractivity contribution in [3.05, 3.63) is 63.6 Å². The molecule has 24 heavy (non-hydrogen) atoms. The molecule has 2 aromatic carbocycles. The van der Waals surface area contributed by atoms with Gasteiger partial charge in [0.05, 0.1) is 22.9 Å². The number of carbonyl (C=O) groups is 1. The van der Waals surface area contributed by atoms with E-state index in [2.05, 4.69) is 26.2 Å². The number of benzene rings is 2. The summed E-state index contributed by atoms with van der Waals surface area (Å²) in [5.41, 5.74) is 1.10. The van der Waals surface area contributed by atoms with Crippen molar-refractivity contribution in [1.82, 2.24) is 9.55 Å². The van der Waals surface area contributed by atoms with Gasteiger partial charge in [-0.25, -0.2) is 4.98 Å². The average molecular weight is 404 g/mol. The fourth-order valence-electron chi connectivity index (χ4n) is 2.34. The molecule has 3 aromatic rings. The van der Waals surface area contributed by atoms with Crippen LogP contribution in [0, 0.1) is 0 Å².